The fourth-order valence-electron chi connectivity index (χ4n) is 2.93. The van der Waals surface area contributed by atoms with Crippen molar-refractivity contribution in [1.29, 1.82) is 0 Å². The molecule has 138 valence electrons. The van der Waals surface area contributed by atoms with Gasteiger partial charge in [-0.15, -0.1) is 0 Å². The molecule has 2 aromatic rings. The van der Waals surface area contributed by atoms with Crippen LogP contribution >= 0.6 is 15.9 Å². The molecule has 0 saturated heterocycles. The number of aryl methyl sites for hydroxylation is 1. The number of rotatable bonds is 6. The summed E-state index contributed by atoms with van der Waals surface area (Å²) < 4.78 is 12.3. The molecule has 0 saturated carbocycles. The Hall–Kier alpha value is -2.08. The van der Waals surface area contributed by atoms with E-state index in [1.807, 2.05) is 37.3 Å². The second-order valence-corrected chi connectivity index (χ2v) is 7.33. The smallest absolute Gasteiger partial charge is 0.228 e. The molecule has 5 nitrogen and oxygen atoms in total. The van der Waals surface area contributed by atoms with Gasteiger partial charge in [-0.25, -0.2) is 9.98 Å². The van der Waals surface area contributed by atoms with Crippen LogP contribution in [0.25, 0.3) is 0 Å². The summed E-state index contributed by atoms with van der Waals surface area (Å²) in [6.07, 6.45) is 3.65. The third-order valence-electron chi connectivity index (χ3n) is 4.59. The molecular formula is C20H24BrN3O2. The molecule has 0 amide bonds. The van der Waals surface area contributed by atoms with E-state index in [0.29, 0.717) is 5.88 Å². The number of aliphatic imine (C=N–C) groups is 1. The SMILES string of the molecule is CCN(C)/C=N/c1cc(Br)c(OC2Cc3ccc(OC)cc3C2)nc1C. The van der Waals surface area contributed by atoms with Gasteiger partial charge in [0.15, 0.2) is 0 Å². The van der Waals surface area contributed by atoms with Crippen molar-refractivity contribution < 1.29 is 9.47 Å². The van der Waals surface area contributed by atoms with Crippen molar-refractivity contribution in [1.82, 2.24) is 9.88 Å². The Labute approximate surface area is 163 Å². The Morgan fingerprint density at radius 3 is 2.81 bits per heavy atom. The predicted molar refractivity (Wildman–Crippen MR) is 108 cm³/mol. The van der Waals surface area contributed by atoms with Crippen LogP contribution in [-0.2, 0) is 12.8 Å². The zero-order valence-corrected chi connectivity index (χ0v) is 17.2. The van der Waals surface area contributed by atoms with E-state index in [1.165, 1.54) is 11.1 Å². The number of hydrogen-bond acceptors (Lipinski definition) is 4. The van der Waals surface area contributed by atoms with Gasteiger partial charge in [0.05, 0.1) is 29.3 Å². The van der Waals surface area contributed by atoms with Crippen LogP contribution in [0.5, 0.6) is 11.6 Å². The van der Waals surface area contributed by atoms with Crippen molar-refractivity contribution in [3.8, 4) is 11.6 Å². The highest BCUT2D eigenvalue weighted by Crippen LogP contribution is 2.33. The first-order valence-electron chi connectivity index (χ1n) is 8.74. The first-order valence-corrected chi connectivity index (χ1v) is 9.53. The zero-order valence-electron chi connectivity index (χ0n) is 15.6. The van der Waals surface area contributed by atoms with Gasteiger partial charge in [0, 0.05) is 26.4 Å². The van der Waals surface area contributed by atoms with Gasteiger partial charge in [0.25, 0.3) is 0 Å². The van der Waals surface area contributed by atoms with Gasteiger partial charge in [-0.3, -0.25) is 0 Å². The average molecular weight is 418 g/mol. The lowest BCUT2D eigenvalue weighted by Crippen LogP contribution is -2.17. The summed E-state index contributed by atoms with van der Waals surface area (Å²) in [6.45, 7) is 4.94. The molecule has 0 spiro atoms. The Morgan fingerprint density at radius 2 is 2.08 bits per heavy atom. The Morgan fingerprint density at radius 1 is 1.31 bits per heavy atom. The summed E-state index contributed by atoms with van der Waals surface area (Å²) in [5.74, 6) is 1.51. The maximum atomic E-state index is 6.18. The van der Waals surface area contributed by atoms with E-state index in [4.69, 9.17) is 9.47 Å². The minimum Gasteiger partial charge on any atom is -0.497 e. The molecule has 1 aromatic carbocycles. The molecule has 1 aliphatic rings. The van der Waals surface area contributed by atoms with Crippen molar-refractivity contribution in [2.75, 3.05) is 20.7 Å². The first kappa shape index (κ1) is 18.7. The van der Waals surface area contributed by atoms with E-state index < -0.39 is 0 Å². The zero-order chi connectivity index (χ0) is 18.7. The van der Waals surface area contributed by atoms with Gasteiger partial charge in [0.1, 0.15) is 11.9 Å². The van der Waals surface area contributed by atoms with E-state index in [0.717, 1.165) is 41.0 Å². The van der Waals surface area contributed by atoms with Crippen LogP contribution < -0.4 is 9.47 Å². The van der Waals surface area contributed by atoms with Crippen LogP contribution in [-0.4, -0.2) is 43.0 Å². The van der Waals surface area contributed by atoms with Gasteiger partial charge in [-0.05, 0) is 59.1 Å². The van der Waals surface area contributed by atoms with E-state index in [1.54, 1.807) is 7.11 Å². The molecule has 1 heterocycles. The largest absolute Gasteiger partial charge is 0.497 e. The van der Waals surface area contributed by atoms with Crippen LogP contribution in [0.1, 0.15) is 23.7 Å². The molecule has 0 N–H and O–H groups in total. The minimum absolute atomic E-state index is 0.0842. The Kier molecular flexibility index (Phi) is 5.81. The Balaban J connectivity index is 1.73. The lowest BCUT2D eigenvalue weighted by molar-refractivity contribution is 0.203. The summed E-state index contributed by atoms with van der Waals surface area (Å²) in [6, 6.07) is 8.17. The predicted octanol–water partition coefficient (Wildman–Crippen LogP) is 4.32. The maximum Gasteiger partial charge on any atom is 0.228 e. The standard InChI is InChI=1S/C20H24BrN3O2/c1-5-24(3)12-22-19-11-18(21)20(23-13(19)2)26-17-8-14-6-7-16(25-4)9-15(14)10-17/h6-7,9,11-12,17H,5,8,10H2,1-4H3/b22-12+. The minimum atomic E-state index is 0.0842. The topological polar surface area (TPSA) is 47.0 Å². The number of halogens is 1. The summed E-state index contributed by atoms with van der Waals surface area (Å²) >= 11 is 3.58. The number of pyridine rings is 1. The summed E-state index contributed by atoms with van der Waals surface area (Å²) in [4.78, 5) is 11.1. The van der Waals surface area contributed by atoms with Crippen molar-refractivity contribution in [3.63, 3.8) is 0 Å². The molecule has 1 unspecified atom stereocenters. The van der Waals surface area contributed by atoms with Gasteiger partial charge < -0.3 is 14.4 Å². The van der Waals surface area contributed by atoms with Crippen LogP contribution in [0.4, 0.5) is 5.69 Å². The second kappa shape index (κ2) is 8.08. The van der Waals surface area contributed by atoms with E-state index in [-0.39, 0.29) is 6.10 Å². The van der Waals surface area contributed by atoms with Gasteiger partial charge >= 0.3 is 0 Å². The average Bonchev–Trinajstić information content (AvgIpc) is 3.04. The van der Waals surface area contributed by atoms with Gasteiger partial charge in [-0.1, -0.05) is 6.07 Å². The third kappa shape index (κ3) is 4.18. The van der Waals surface area contributed by atoms with Crippen molar-refractivity contribution in [3.05, 3.63) is 45.6 Å². The molecule has 0 fully saturated rings. The van der Waals surface area contributed by atoms with Crippen molar-refractivity contribution >= 4 is 28.0 Å². The number of nitrogens with zero attached hydrogens (tertiary/aromatic N) is 3. The molecule has 26 heavy (non-hydrogen) atoms. The van der Waals surface area contributed by atoms with E-state index in [9.17, 15) is 0 Å². The van der Waals surface area contributed by atoms with E-state index in [2.05, 4.69) is 45.0 Å². The number of fused-ring (bicyclic) bond motifs is 1. The normalized spacial score (nSPS) is 16.0. The van der Waals surface area contributed by atoms with E-state index >= 15 is 0 Å². The molecular weight excluding hydrogens is 394 g/mol. The molecule has 6 heteroatoms. The van der Waals surface area contributed by atoms with Gasteiger partial charge in [-0.2, -0.15) is 0 Å². The van der Waals surface area contributed by atoms with Crippen LogP contribution in [0, 0.1) is 6.92 Å². The van der Waals surface area contributed by atoms with Crippen molar-refractivity contribution in [2.45, 2.75) is 32.8 Å². The number of aromatic nitrogens is 1. The fourth-order valence-corrected chi connectivity index (χ4v) is 3.33. The highest BCUT2D eigenvalue weighted by molar-refractivity contribution is 9.10. The van der Waals surface area contributed by atoms with Crippen molar-refractivity contribution in [2.24, 2.45) is 4.99 Å². The number of hydrogen-bond donors (Lipinski definition) is 0. The number of benzene rings is 1. The summed E-state index contributed by atoms with van der Waals surface area (Å²) in [7, 11) is 3.68. The molecule has 0 bridgehead atoms. The maximum absolute atomic E-state index is 6.18. The van der Waals surface area contributed by atoms with Crippen LogP contribution in [0.3, 0.4) is 0 Å². The molecule has 1 atom stereocenters. The Bertz CT molecular complexity index is 823. The van der Waals surface area contributed by atoms with Gasteiger partial charge in [0.2, 0.25) is 5.88 Å². The molecule has 0 radical (unpaired) electrons. The molecule has 1 aliphatic carbocycles. The third-order valence-corrected chi connectivity index (χ3v) is 5.16. The number of ether oxygens (including phenoxy) is 2. The quantitative estimate of drug-likeness (QED) is 0.518. The lowest BCUT2D eigenvalue weighted by Gasteiger charge is -2.15. The molecule has 3 rings (SSSR count). The summed E-state index contributed by atoms with van der Waals surface area (Å²) in [5, 5.41) is 0. The molecule has 1 aromatic heterocycles. The summed E-state index contributed by atoms with van der Waals surface area (Å²) in [5.41, 5.74) is 4.28. The monoisotopic (exact) mass is 417 g/mol. The highest BCUT2D eigenvalue weighted by Gasteiger charge is 2.25. The first-order chi connectivity index (χ1) is 12.5. The van der Waals surface area contributed by atoms with Crippen LogP contribution in [0.2, 0.25) is 0 Å². The highest BCUT2D eigenvalue weighted by atomic mass is 79.9. The molecule has 0 aliphatic heterocycles. The number of methoxy groups -OCH3 is 1. The fraction of sp³-hybridized carbons (Fsp3) is 0.400. The second-order valence-electron chi connectivity index (χ2n) is 6.48. The lowest BCUT2D eigenvalue weighted by atomic mass is 10.1. The van der Waals surface area contributed by atoms with Crippen LogP contribution in [0.15, 0.2) is 33.7 Å².